The van der Waals surface area contributed by atoms with E-state index in [1.165, 1.54) is 109 Å². The maximum absolute atomic E-state index is 12.4. The molecule has 0 aliphatic rings. The molecular formula is C51H93NO5. The molecule has 0 saturated heterocycles. The van der Waals surface area contributed by atoms with Crippen molar-refractivity contribution in [2.75, 3.05) is 13.2 Å². The largest absolute Gasteiger partial charge is 0.466 e. The highest BCUT2D eigenvalue weighted by molar-refractivity contribution is 5.76. The minimum Gasteiger partial charge on any atom is -0.466 e. The van der Waals surface area contributed by atoms with E-state index >= 15 is 0 Å². The quantitative estimate of drug-likeness (QED) is 0.0324. The second-order valence-electron chi connectivity index (χ2n) is 16.4. The van der Waals surface area contributed by atoms with Gasteiger partial charge in [-0.2, -0.15) is 0 Å². The number of aliphatic hydroxyl groups excluding tert-OH is 2. The van der Waals surface area contributed by atoms with Crippen LogP contribution in [0, 0.1) is 0 Å². The molecule has 0 radical (unpaired) electrons. The van der Waals surface area contributed by atoms with Crippen molar-refractivity contribution in [1.82, 2.24) is 5.32 Å². The molecule has 2 unspecified atom stereocenters. The molecule has 0 spiro atoms. The first-order valence-corrected chi connectivity index (χ1v) is 24.4. The summed E-state index contributed by atoms with van der Waals surface area (Å²) in [5.41, 5.74) is 0. The zero-order chi connectivity index (χ0) is 41.5. The first kappa shape index (κ1) is 54.8. The minimum absolute atomic E-state index is 0.0396. The molecule has 1 amide bonds. The van der Waals surface area contributed by atoms with Crippen LogP contribution < -0.4 is 5.32 Å². The lowest BCUT2D eigenvalue weighted by atomic mass is 10.0. The van der Waals surface area contributed by atoms with Crippen LogP contribution in [-0.2, 0) is 14.3 Å². The van der Waals surface area contributed by atoms with Gasteiger partial charge in [-0.1, -0.05) is 178 Å². The summed E-state index contributed by atoms with van der Waals surface area (Å²) in [6.07, 6.45) is 56.7. The van der Waals surface area contributed by atoms with Gasteiger partial charge in [-0.25, -0.2) is 0 Å². The minimum atomic E-state index is -0.861. The zero-order valence-electron chi connectivity index (χ0n) is 37.6. The van der Waals surface area contributed by atoms with E-state index in [-0.39, 0.29) is 18.5 Å². The van der Waals surface area contributed by atoms with Crippen molar-refractivity contribution in [2.45, 2.75) is 251 Å². The molecule has 57 heavy (non-hydrogen) atoms. The predicted octanol–water partition coefficient (Wildman–Crippen LogP) is 14.3. The molecule has 3 N–H and O–H groups in total. The van der Waals surface area contributed by atoms with Crippen LogP contribution in [0.4, 0.5) is 0 Å². The molecule has 6 nitrogen and oxygen atoms in total. The van der Waals surface area contributed by atoms with Gasteiger partial charge in [0.05, 0.1) is 25.4 Å². The van der Waals surface area contributed by atoms with E-state index in [2.05, 4.69) is 55.6 Å². The fourth-order valence-electron chi connectivity index (χ4n) is 7.01. The smallest absolute Gasteiger partial charge is 0.305 e. The topological polar surface area (TPSA) is 95.9 Å². The first-order valence-electron chi connectivity index (χ1n) is 24.4. The Kier molecular flexibility index (Phi) is 44.7. The van der Waals surface area contributed by atoms with Crippen LogP contribution in [-0.4, -0.2) is 47.4 Å². The standard InChI is InChI=1S/C51H93NO5/c1-3-5-7-9-11-13-15-17-18-20-25-29-33-37-41-45-51(56)57-46-42-38-34-30-26-22-21-24-28-32-36-40-44-50(55)52-48(47-53)49(54)43-39-35-31-27-23-19-16-14-12-10-8-6-4-2/h11,13,17-18,22,26,39,43,48-49,53-54H,3-10,12,14-16,19-21,23-25,27-38,40-42,44-47H2,1-2H3,(H,52,55)/b13-11-,18-17-,26-22-,43-39+. The van der Waals surface area contributed by atoms with Gasteiger partial charge in [0.15, 0.2) is 0 Å². The molecule has 0 aliphatic heterocycles. The maximum atomic E-state index is 12.4. The number of allylic oxidation sites excluding steroid dienone is 7. The van der Waals surface area contributed by atoms with E-state index in [0.717, 1.165) is 103 Å². The number of aliphatic hydroxyl groups is 2. The summed E-state index contributed by atoms with van der Waals surface area (Å²) >= 11 is 0. The van der Waals surface area contributed by atoms with Gasteiger partial charge in [-0.05, 0) is 96.3 Å². The number of hydrogen-bond acceptors (Lipinski definition) is 5. The summed E-state index contributed by atoms with van der Waals surface area (Å²) < 4.78 is 5.43. The Hall–Kier alpha value is -2.18. The molecule has 332 valence electrons. The highest BCUT2D eigenvalue weighted by Gasteiger charge is 2.18. The van der Waals surface area contributed by atoms with Crippen LogP contribution in [0.3, 0.4) is 0 Å². The molecule has 0 aromatic carbocycles. The SMILES string of the molecule is CCCCC/C=C\C/C=C\CCCCCCCC(=O)OCCCCC/C=C\CCCCCCCC(=O)NC(CO)C(O)/C=C/CCCCCCCCCCCCC. The van der Waals surface area contributed by atoms with Crippen LogP contribution in [0.2, 0.25) is 0 Å². The fourth-order valence-corrected chi connectivity index (χ4v) is 7.01. The lowest BCUT2D eigenvalue weighted by Crippen LogP contribution is -2.45. The molecule has 0 aromatic heterocycles. The van der Waals surface area contributed by atoms with Crippen LogP contribution in [0.25, 0.3) is 0 Å². The number of unbranched alkanes of at least 4 members (excludes halogenated alkanes) is 27. The van der Waals surface area contributed by atoms with E-state index in [9.17, 15) is 19.8 Å². The van der Waals surface area contributed by atoms with Crippen molar-refractivity contribution in [3.63, 3.8) is 0 Å². The van der Waals surface area contributed by atoms with Gasteiger partial charge < -0.3 is 20.3 Å². The molecule has 6 heteroatoms. The highest BCUT2D eigenvalue weighted by atomic mass is 16.5. The third-order valence-electron chi connectivity index (χ3n) is 10.8. The number of rotatable bonds is 44. The second kappa shape index (κ2) is 46.5. The number of carbonyl (C=O) groups excluding carboxylic acids is 2. The second-order valence-corrected chi connectivity index (χ2v) is 16.4. The van der Waals surface area contributed by atoms with Crippen LogP contribution in [0.1, 0.15) is 239 Å². The Morgan fingerprint density at radius 1 is 0.491 bits per heavy atom. The van der Waals surface area contributed by atoms with Crippen molar-refractivity contribution in [2.24, 2.45) is 0 Å². The van der Waals surface area contributed by atoms with Gasteiger partial charge >= 0.3 is 5.97 Å². The van der Waals surface area contributed by atoms with Gasteiger partial charge in [0.2, 0.25) is 5.91 Å². The Bertz CT molecular complexity index is 973. The van der Waals surface area contributed by atoms with Crippen LogP contribution in [0.15, 0.2) is 48.6 Å². The molecule has 0 fully saturated rings. The summed E-state index contributed by atoms with van der Waals surface area (Å²) in [5, 5.41) is 23.0. The number of hydrogen-bond donors (Lipinski definition) is 3. The Morgan fingerprint density at radius 2 is 0.877 bits per heavy atom. The van der Waals surface area contributed by atoms with Gasteiger partial charge in [0.25, 0.3) is 0 Å². The van der Waals surface area contributed by atoms with E-state index in [1.807, 2.05) is 6.08 Å². The third kappa shape index (κ3) is 43.2. The Balaban J connectivity index is 3.57. The maximum Gasteiger partial charge on any atom is 0.305 e. The Labute approximate surface area is 353 Å². The molecule has 0 heterocycles. The van der Waals surface area contributed by atoms with Gasteiger partial charge in [-0.15, -0.1) is 0 Å². The summed E-state index contributed by atoms with van der Waals surface area (Å²) in [7, 11) is 0. The van der Waals surface area contributed by atoms with E-state index < -0.39 is 12.1 Å². The normalized spacial score (nSPS) is 13.1. The average Bonchev–Trinajstić information content (AvgIpc) is 3.21. The number of ether oxygens (including phenoxy) is 1. The zero-order valence-corrected chi connectivity index (χ0v) is 37.6. The summed E-state index contributed by atoms with van der Waals surface area (Å²) in [4.78, 5) is 24.4. The van der Waals surface area contributed by atoms with Crippen molar-refractivity contribution >= 4 is 11.9 Å². The molecule has 2 atom stereocenters. The van der Waals surface area contributed by atoms with Crippen molar-refractivity contribution < 1.29 is 24.5 Å². The predicted molar refractivity (Wildman–Crippen MR) is 245 cm³/mol. The monoisotopic (exact) mass is 800 g/mol. The summed E-state index contributed by atoms with van der Waals surface area (Å²) in [5.74, 6) is -0.136. The van der Waals surface area contributed by atoms with Crippen LogP contribution in [0.5, 0.6) is 0 Å². The molecule has 0 rings (SSSR count). The average molecular weight is 800 g/mol. The van der Waals surface area contributed by atoms with Crippen LogP contribution >= 0.6 is 0 Å². The fraction of sp³-hybridized carbons (Fsp3) is 0.804. The molecule has 0 aromatic rings. The van der Waals surface area contributed by atoms with E-state index in [0.29, 0.717) is 19.4 Å². The van der Waals surface area contributed by atoms with Gasteiger partial charge in [0, 0.05) is 12.8 Å². The Morgan fingerprint density at radius 3 is 1.39 bits per heavy atom. The van der Waals surface area contributed by atoms with Gasteiger partial charge in [-0.3, -0.25) is 9.59 Å². The highest BCUT2D eigenvalue weighted by Crippen LogP contribution is 2.14. The lowest BCUT2D eigenvalue weighted by Gasteiger charge is -2.20. The van der Waals surface area contributed by atoms with E-state index in [4.69, 9.17) is 4.74 Å². The molecular weight excluding hydrogens is 707 g/mol. The van der Waals surface area contributed by atoms with E-state index in [1.54, 1.807) is 6.08 Å². The van der Waals surface area contributed by atoms with Crippen molar-refractivity contribution in [3.8, 4) is 0 Å². The molecule has 0 saturated carbocycles. The van der Waals surface area contributed by atoms with Gasteiger partial charge in [0.1, 0.15) is 0 Å². The first-order chi connectivity index (χ1) is 28.0. The number of amides is 1. The number of esters is 1. The lowest BCUT2D eigenvalue weighted by molar-refractivity contribution is -0.143. The number of carbonyl (C=O) groups is 2. The number of nitrogens with one attached hydrogen (secondary N) is 1. The summed E-state index contributed by atoms with van der Waals surface area (Å²) in [6.45, 7) is 4.79. The van der Waals surface area contributed by atoms with Crippen molar-refractivity contribution in [1.29, 1.82) is 0 Å². The summed E-state index contributed by atoms with van der Waals surface area (Å²) in [6, 6.07) is -0.647. The van der Waals surface area contributed by atoms with Crippen molar-refractivity contribution in [3.05, 3.63) is 48.6 Å². The third-order valence-corrected chi connectivity index (χ3v) is 10.8. The molecule has 0 bridgehead atoms. The molecule has 0 aliphatic carbocycles.